The highest BCUT2D eigenvalue weighted by Crippen LogP contribution is 2.28. The quantitative estimate of drug-likeness (QED) is 0.694. The second-order valence-electron chi connectivity index (χ2n) is 5.19. The van der Waals surface area contributed by atoms with Crippen molar-refractivity contribution in [3.63, 3.8) is 0 Å². The van der Waals surface area contributed by atoms with Crippen LogP contribution in [0.3, 0.4) is 0 Å². The molecule has 2 aromatic rings. The molecule has 0 aromatic heterocycles. The average Bonchev–Trinajstić information content (AvgIpc) is 2.70. The Hall–Kier alpha value is -2.20. The van der Waals surface area contributed by atoms with Crippen LogP contribution in [-0.2, 0) is 6.37 Å². The Morgan fingerprint density at radius 1 is 1.12 bits per heavy atom. The molecule has 0 aliphatic rings. The van der Waals surface area contributed by atoms with Crippen LogP contribution in [0.25, 0.3) is 0 Å². The number of rotatable bonds is 10. The van der Waals surface area contributed by atoms with Crippen molar-refractivity contribution in [3.05, 3.63) is 53.6 Å². The first-order chi connectivity index (χ1) is 16.6. The Balaban J connectivity index is 2.29. The fraction of sp³-hybridized carbons (Fsp3) is 0.429. The zero-order chi connectivity index (χ0) is 28.4. The molecule has 1 N–H and O–H groups in total. The SMILES string of the molecule is [2H]C([2H])([2H])Oc1ccc(C([2H])([2H])C([2H])([2H])CC([2H])([2H])C(O)COc2cccc(C)c2)cc1OC([2H])([2H])[2H]. The van der Waals surface area contributed by atoms with Crippen LogP contribution < -0.4 is 14.2 Å². The third-order valence-corrected chi connectivity index (χ3v) is 3.22. The number of aryl methyl sites for hydroxylation is 2. The van der Waals surface area contributed by atoms with E-state index in [1.807, 2.05) is 13.0 Å². The van der Waals surface area contributed by atoms with Crippen LogP contribution in [0.15, 0.2) is 42.5 Å². The zero-order valence-electron chi connectivity index (χ0n) is 25.7. The van der Waals surface area contributed by atoms with Gasteiger partial charge in [0.2, 0.25) is 0 Å². The van der Waals surface area contributed by atoms with Crippen molar-refractivity contribution in [2.24, 2.45) is 0 Å². The summed E-state index contributed by atoms with van der Waals surface area (Å²) >= 11 is 0. The van der Waals surface area contributed by atoms with Gasteiger partial charge in [-0.3, -0.25) is 0 Å². The summed E-state index contributed by atoms with van der Waals surface area (Å²) in [6.07, 6.45) is -11.4. The molecule has 1 atom stereocenters. The Kier molecular flexibility index (Phi) is 3.36. The van der Waals surface area contributed by atoms with Crippen molar-refractivity contribution < 1.29 is 35.8 Å². The summed E-state index contributed by atoms with van der Waals surface area (Å²) in [5.74, 6) is -0.826. The molecule has 0 fully saturated rings. The number of hydrogen-bond donors (Lipinski definition) is 1. The van der Waals surface area contributed by atoms with Crippen LogP contribution in [-0.4, -0.2) is 31.9 Å². The van der Waals surface area contributed by atoms with Crippen LogP contribution in [0.4, 0.5) is 0 Å². The number of hydrogen-bond acceptors (Lipinski definition) is 4. The van der Waals surface area contributed by atoms with E-state index < -0.39 is 69.4 Å². The molecule has 0 radical (unpaired) electrons. The largest absolute Gasteiger partial charge is 0.493 e. The molecule has 2 rings (SSSR count). The number of aliphatic hydroxyl groups excluding tert-OH is 1. The molecule has 0 aliphatic carbocycles. The van der Waals surface area contributed by atoms with Gasteiger partial charge < -0.3 is 19.3 Å². The van der Waals surface area contributed by atoms with Gasteiger partial charge in [0.05, 0.1) is 28.4 Å². The molecular weight excluding hydrogens is 316 g/mol. The van der Waals surface area contributed by atoms with Crippen LogP contribution in [0.1, 0.15) is 46.7 Å². The fourth-order valence-electron chi connectivity index (χ4n) is 2.00. The van der Waals surface area contributed by atoms with Crippen LogP contribution in [0, 0.1) is 6.92 Å². The maximum atomic E-state index is 10.4. The van der Waals surface area contributed by atoms with Crippen molar-refractivity contribution in [3.8, 4) is 17.2 Å². The predicted octanol–water partition coefficient (Wildman–Crippen LogP) is 4.16. The minimum Gasteiger partial charge on any atom is -0.493 e. The van der Waals surface area contributed by atoms with Gasteiger partial charge in [-0.15, -0.1) is 0 Å². The highest BCUT2D eigenvalue weighted by atomic mass is 16.5. The number of methoxy groups -OCH3 is 2. The van der Waals surface area contributed by atoms with Crippen LogP contribution in [0.5, 0.6) is 17.2 Å². The molecule has 4 heteroatoms. The highest BCUT2D eigenvalue weighted by Gasteiger charge is 2.07. The highest BCUT2D eigenvalue weighted by molar-refractivity contribution is 5.42. The molecule has 0 bridgehead atoms. The zero-order valence-corrected chi connectivity index (χ0v) is 13.7. The minimum absolute atomic E-state index is 0.370. The average molecular weight is 357 g/mol. The lowest BCUT2D eigenvalue weighted by atomic mass is 10.0. The standard InChI is InChI=1S/C21H28O4/c1-16-7-6-10-19(13-16)25-15-18(22)9-5-4-8-17-11-12-20(23-2)21(14-17)24-3/h6-7,10-14,18,22H,4-5,8-9,15H2,1-3H3/i2D3,3D3,4D2,8D2,9D2. The number of benzene rings is 2. The molecule has 0 saturated carbocycles. The summed E-state index contributed by atoms with van der Waals surface area (Å²) in [5.41, 5.74) is 0.410. The smallest absolute Gasteiger partial charge is 0.160 e. The maximum absolute atomic E-state index is 10.4. The first-order valence-electron chi connectivity index (χ1n) is 13.5. The Morgan fingerprint density at radius 2 is 1.96 bits per heavy atom. The first-order valence-corrected chi connectivity index (χ1v) is 7.53. The van der Waals surface area contributed by atoms with Crippen molar-refractivity contribution in [1.82, 2.24) is 0 Å². The monoisotopic (exact) mass is 356 g/mol. The van der Waals surface area contributed by atoms with Crippen molar-refractivity contribution in [2.45, 2.75) is 38.6 Å². The van der Waals surface area contributed by atoms with Gasteiger partial charge in [-0.1, -0.05) is 24.6 Å². The third kappa shape index (κ3) is 6.31. The molecule has 25 heavy (non-hydrogen) atoms. The van der Waals surface area contributed by atoms with E-state index in [0.717, 1.165) is 23.8 Å². The van der Waals surface area contributed by atoms with Gasteiger partial charge in [0.15, 0.2) is 11.5 Å². The third-order valence-electron chi connectivity index (χ3n) is 3.22. The minimum atomic E-state index is -3.06. The first kappa shape index (κ1) is 8.45. The predicted molar refractivity (Wildman–Crippen MR) is 99.8 cm³/mol. The van der Waals surface area contributed by atoms with Gasteiger partial charge in [0.1, 0.15) is 12.4 Å². The van der Waals surface area contributed by atoms with E-state index in [4.69, 9.17) is 30.7 Å². The summed E-state index contributed by atoms with van der Waals surface area (Å²) in [5, 5.41) is 10.4. The van der Waals surface area contributed by atoms with Gasteiger partial charge in [-0.2, -0.15) is 0 Å². The Labute approximate surface area is 167 Å². The normalized spacial score (nSPS) is 21.7. The Morgan fingerprint density at radius 3 is 2.76 bits per heavy atom. The summed E-state index contributed by atoms with van der Waals surface area (Å²) in [4.78, 5) is 0. The van der Waals surface area contributed by atoms with E-state index >= 15 is 0 Å². The maximum Gasteiger partial charge on any atom is 0.160 e. The molecule has 4 nitrogen and oxygen atoms in total. The van der Waals surface area contributed by atoms with E-state index in [1.54, 1.807) is 18.2 Å². The molecule has 0 amide bonds. The van der Waals surface area contributed by atoms with Gasteiger partial charge in [0.25, 0.3) is 0 Å². The van der Waals surface area contributed by atoms with Gasteiger partial charge >= 0.3 is 0 Å². The van der Waals surface area contributed by atoms with Crippen LogP contribution in [0.2, 0.25) is 0 Å². The second-order valence-corrected chi connectivity index (χ2v) is 5.19. The topological polar surface area (TPSA) is 47.9 Å². The van der Waals surface area contributed by atoms with E-state index in [9.17, 15) is 5.11 Å². The van der Waals surface area contributed by atoms with E-state index in [2.05, 4.69) is 0 Å². The van der Waals surface area contributed by atoms with E-state index in [1.165, 1.54) is 0 Å². The van der Waals surface area contributed by atoms with Crippen molar-refractivity contribution in [1.29, 1.82) is 0 Å². The van der Waals surface area contributed by atoms with Gasteiger partial charge in [0, 0.05) is 8.22 Å². The summed E-state index contributed by atoms with van der Waals surface area (Å²) in [6.45, 7) is 1.29. The van der Waals surface area contributed by atoms with E-state index in [-0.39, 0.29) is 0 Å². The van der Waals surface area contributed by atoms with Gasteiger partial charge in [-0.05, 0) is 61.4 Å². The molecule has 0 aliphatic heterocycles. The molecular formula is C21H28O4. The molecule has 0 saturated heterocycles. The summed E-state index contributed by atoms with van der Waals surface area (Å²) in [6, 6.07) is 9.49. The lowest BCUT2D eigenvalue weighted by Crippen LogP contribution is -2.17. The lowest BCUT2D eigenvalue weighted by molar-refractivity contribution is 0.0976. The van der Waals surface area contributed by atoms with Crippen LogP contribution >= 0.6 is 0 Å². The Bertz CT molecular complexity index is 1070. The summed E-state index contributed by atoms with van der Waals surface area (Å²) < 4.78 is 108. The van der Waals surface area contributed by atoms with Gasteiger partial charge in [-0.25, -0.2) is 0 Å². The molecule has 0 spiro atoms. The van der Waals surface area contributed by atoms with Crippen molar-refractivity contribution >= 4 is 0 Å². The molecule has 0 heterocycles. The lowest BCUT2D eigenvalue weighted by Gasteiger charge is -2.13. The number of ether oxygens (including phenoxy) is 3. The van der Waals surface area contributed by atoms with E-state index in [0.29, 0.717) is 5.75 Å². The molecule has 2 aromatic carbocycles. The fourth-order valence-corrected chi connectivity index (χ4v) is 2.00. The summed E-state index contributed by atoms with van der Waals surface area (Å²) in [7, 11) is -6.04. The van der Waals surface area contributed by atoms with Crippen molar-refractivity contribution in [2.75, 3.05) is 20.7 Å². The second kappa shape index (κ2) is 9.94. The number of aliphatic hydroxyl groups is 1. The molecule has 136 valence electrons. The molecule has 1 unspecified atom stereocenters.